The van der Waals surface area contributed by atoms with Gasteiger partial charge in [-0.1, -0.05) is 17.7 Å². The molecule has 0 unspecified atom stereocenters. The summed E-state index contributed by atoms with van der Waals surface area (Å²) in [6, 6.07) is 7.41. The van der Waals surface area contributed by atoms with E-state index < -0.39 is 0 Å². The van der Waals surface area contributed by atoms with Gasteiger partial charge < -0.3 is 9.52 Å². The Morgan fingerprint density at radius 1 is 1.36 bits per heavy atom. The highest BCUT2D eigenvalue weighted by Crippen LogP contribution is 2.24. The van der Waals surface area contributed by atoms with Gasteiger partial charge in [0.15, 0.2) is 0 Å². The van der Waals surface area contributed by atoms with Crippen molar-refractivity contribution in [2.24, 2.45) is 0 Å². The molecule has 5 nitrogen and oxygen atoms in total. The van der Waals surface area contributed by atoms with Crippen molar-refractivity contribution < 1.29 is 9.52 Å². The Labute approximate surface area is 133 Å². The Morgan fingerprint density at radius 3 is 3.00 bits per heavy atom. The molecule has 1 aromatic carbocycles. The van der Waals surface area contributed by atoms with Gasteiger partial charge in [-0.05, 0) is 37.1 Å². The van der Waals surface area contributed by atoms with Crippen molar-refractivity contribution in [2.45, 2.75) is 19.9 Å². The molecular formula is C16H16ClN3O2. The fourth-order valence-electron chi connectivity index (χ4n) is 2.22. The Morgan fingerprint density at radius 2 is 2.23 bits per heavy atom. The lowest BCUT2D eigenvalue weighted by atomic mass is 10.2. The first-order chi connectivity index (χ1) is 10.7. The summed E-state index contributed by atoms with van der Waals surface area (Å²) in [4.78, 5) is 4.54. The van der Waals surface area contributed by atoms with Crippen LogP contribution in [0, 0.1) is 6.92 Å². The number of rotatable bonds is 5. The molecule has 0 bridgehead atoms. The molecule has 0 aliphatic carbocycles. The zero-order valence-corrected chi connectivity index (χ0v) is 12.9. The third-order valence-electron chi connectivity index (χ3n) is 3.36. The lowest BCUT2D eigenvalue weighted by molar-refractivity contribution is 0.299. The van der Waals surface area contributed by atoms with Gasteiger partial charge in [0.2, 0.25) is 5.89 Å². The summed E-state index contributed by atoms with van der Waals surface area (Å²) in [7, 11) is 0. The monoisotopic (exact) mass is 317 g/mol. The van der Waals surface area contributed by atoms with Gasteiger partial charge in [0.25, 0.3) is 0 Å². The number of aliphatic hydroxyl groups excluding tert-OH is 1. The van der Waals surface area contributed by atoms with Gasteiger partial charge in [-0.3, -0.25) is 4.68 Å². The van der Waals surface area contributed by atoms with E-state index in [1.807, 2.05) is 37.4 Å². The van der Waals surface area contributed by atoms with Crippen molar-refractivity contribution in [2.75, 3.05) is 6.61 Å². The summed E-state index contributed by atoms with van der Waals surface area (Å²) < 4.78 is 7.52. The standard InChI is InChI=1S/C16H16ClN3O2/c1-11-15(10-20-9-12(5-6-21)8-18-20)19-16(22-11)13-3-2-4-14(17)7-13/h2-4,7-9,21H,5-6,10H2,1H3. The maximum Gasteiger partial charge on any atom is 0.226 e. The average Bonchev–Trinajstić information content (AvgIpc) is 3.08. The van der Waals surface area contributed by atoms with E-state index in [0.717, 1.165) is 22.6 Å². The maximum absolute atomic E-state index is 8.94. The van der Waals surface area contributed by atoms with Crippen LogP contribution >= 0.6 is 11.6 Å². The van der Waals surface area contributed by atoms with Crippen LogP contribution in [0.25, 0.3) is 11.5 Å². The molecule has 0 fully saturated rings. The highest BCUT2D eigenvalue weighted by Gasteiger charge is 2.12. The molecule has 0 radical (unpaired) electrons. The van der Waals surface area contributed by atoms with Gasteiger partial charge in [-0.25, -0.2) is 4.98 Å². The number of hydrogen-bond acceptors (Lipinski definition) is 4. The SMILES string of the molecule is Cc1oc(-c2cccc(Cl)c2)nc1Cn1cc(CCO)cn1. The fraction of sp³-hybridized carbons (Fsp3) is 0.250. The first-order valence-electron chi connectivity index (χ1n) is 7.00. The lowest BCUT2D eigenvalue weighted by Crippen LogP contribution is -2.01. The lowest BCUT2D eigenvalue weighted by Gasteiger charge is -1.97. The number of benzene rings is 1. The second kappa shape index (κ2) is 6.34. The third-order valence-corrected chi connectivity index (χ3v) is 3.60. The smallest absolute Gasteiger partial charge is 0.226 e. The molecule has 0 aliphatic heterocycles. The molecule has 22 heavy (non-hydrogen) atoms. The van der Waals surface area contributed by atoms with Gasteiger partial charge in [0.1, 0.15) is 11.5 Å². The molecule has 0 saturated carbocycles. The van der Waals surface area contributed by atoms with Crippen molar-refractivity contribution in [3.8, 4) is 11.5 Å². The number of nitrogens with zero attached hydrogens (tertiary/aromatic N) is 3. The Kier molecular flexibility index (Phi) is 4.27. The number of aliphatic hydroxyl groups is 1. The van der Waals surface area contributed by atoms with Gasteiger partial charge in [0.05, 0.1) is 12.7 Å². The van der Waals surface area contributed by atoms with E-state index >= 15 is 0 Å². The second-order valence-corrected chi connectivity index (χ2v) is 5.49. The molecule has 0 spiro atoms. The fourth-order valence-corrected chi connectivity index (χ4v) is 2.41. The summed E-state index contributed by atoms with van der Waals surface area (Å²) in [5.41, 5.74) is 2.68. The van der Waals surface area contributed by atoms with Crippen LogP contribution in [0.15, 0.2) is 41.1 Å². The summed E-state index contributed by atoms with van der Waals surface area (Å²) >= 11 is 6.00. The third kappa shape index (κ3) is 3.21. The molecular weight excluding hydrogens is 302 g/mol. The van der Waals surface area contributed by atoms with E-state index in [4.69, 9.17) is 21.1 Å². The summed E-state index contributed by atoms with van der Waals surface area (Å²) in [5.74, 6) is 1.31. The van der Waals surface area contributed by atoms with Crippen LogP contribution in [-0.2, 0) is 13.0 Å². The first kappa shape index (κ1) is 14.8. The number of aryl methyl sites for hydroxylation is 1. The molecule has 0 saturated heterocycles. The van der Waals surface area contributed by atoms with Gasteiger partial charge in [-0.2, -0.15) is 5.10 Å². The van der Waals surface area contributed by atoms with Gasteiger partial charge in [0, 0.05) is 23.4 Å². The first-order valence-corrected chi connectivity index (χ1v) is 7.38. The average molecular weight is 318 g/mol. The molecule has 1 N–H and O–H groups in total. The van der Waals surface area contributed by atoms with Gasteiger partial charge >= 0.3 is 0 Å². The Bertz CT molecular complexity index is 779. The maximum atomic E-state index is 8.94. The summed E-state index contributed by atoms with van der Waals surface area (Å²) in [5, 5.41) is 13.9. The van der Waals surface area contributed by atoms with Crippen LogP contribution in [0.2, 0.25) is 5.02 Å². The van der Waals surface area contributed by atoms with Crippen LogP contribution in [0.4, 0.5) is 0 Å². The van der Waals surface area contributed by atoms with Crippen LogP contribution < -0.4 is 0 Å². The second-order valence-electron chi connectivity index (χ2n) is 5.05. The number of aromatic nitrogens is 3. The Balaban J connectivity index is 1.82. The predicted molar refractivity (Wildman–Crippen MR) is 83.8 cm³/mol. The minimum absolute atomic E-state index is 0.119. The molecule has 2 aromatic heterocycles. The van der Waals surface area contributed by atoms with Gasteiger partial charge in [-0.15, -0.1) is 0 Å². The zero-order valence-electron chi connectivity index (χ0n) is 12.2. The van der Waals surface area contributed by atoms with Crippen molar-refractivity contribution >= 4 is 11.6 Å². The molecule has 3 aromatic rings. The molecule has 0 aliphatic rings. The molecule has 2 heterocycles. The largest absolute Gasteiger partial charge is 0.441 e. The van der Waals surface area contributed by atoms with E-state index in [1.54, 1.807) is 10.9 Å². The number of oxazole rings is 1. The van der Waals surface area contributed by atoms with Crippen molar-refractivity contribution in [1.29, 1.82) is 0 Å². The van der Waals surface area contributed by atoms with E-state index in [1.165, 1.54) is 0 Å². The molecule has 114 valence electrons. The Hall–Kier alpha value is -2.11. The van der Waals surface area contributed by atoms with Crippen LogP contribution in [0.1, 0.15) is 17.0 Å². The van der Waals surface area contributed by atoms with Crippen molar-refractivity contribution in [1.82, 2.24) is 14.8 Å². The molecule has 0 amide bonds. The predicted octanol–water partition coefficient (Wildman–Crippen LogP) is 3.08. The molecule has 6 heteroatoms. The van der Waals surface area contributed by atoms with E-state index in [0.29, 0.717) is 23.9 Å². The number of hydrogen-bond donors (Lipinski definition) is 1. The molecule has 3 rings (SSSR count). The van der Waals surface area contributed by atoms with Crippen molar-refractivity contribution in [3.63, 3.8) is 0 Å². The summed E-state index contributed by atoms with van der Waals surface area (Å²) in [6.45, 7) is 2.53. The van der Waals surface area contributed by atoms with Crippen LogP contribution in [0.5, 0.6) is 0 Å². The topological polar surface area (TPSA) is 64.1 Å². The quantitative estimate of drug-likeness (QED) is 0.785. The zero-order chi connectivity index (χ0) is 15.5. The van der Waals surface area contributed by atoms with E-state index in [2.05, 4.69) is 10.1 Å². The van der Waals surface area contributed by atoms with E-state index in [-0.39, 0.29) is 6.61 Å². The highest BCUT2D eigenvalue weighted by atomic mass is 35.5. The van der Waals surface area contributed by atoms with E-state index in [9.17, 15) is 0 Å². The van der Waals surface area contributed by atoms with Crippen molar-refractivity contribution in [3.05, 3.63) is 58.7 Å². The van der Waals surface area contributed by atoms with Crippen LogP contribution in [0.3, 0.4) is 0 Å². The van der Waals surface area contributed by atoms with Crippen LogP contribution in [-0.4, -0.2) is 26.5 Å². The normalized spacial score (nSPS) is 11.0. The highest BCUT2D eigenvalue weighted by molar-refractivity contribution is 6.30. The minimum atomic E-state index is 0.119. The number of halogens is 1. The minimum Gasteiger partial charge on any atom is -0.441 e. The summed E-state index contributed by atoms with van der Waals surface area (Å²) in [6.07, 6.45) is 4.26. The molecule has 0 atom stereocenters.